The molecule has 36 heavy (non-hydrogen) atoms. The molecule has 1 aliphatic carbocycles. The molecule has 9 heteroatoms. The average molecular weight is 527 g/mol. The van der Waals surface area contributed by atoms with Crippen molar-refractivity contribution in [3.05, 3.63) is 29.8 Å². The van der Waals surface area contributed by atoms with Crippen LogP contribution >= 0.6 is 0 Å². The molecule has 2 rings (SSSR count). The van der Waals surface area contributed by atoms with Crippen LogP contribution in [0.2, 0.25) is 18.1 Å². The molecule has 0 amide bonds. The molecule has 1 aromatic carbocycles. The predicted molar refractivity (Wildman–Crippen MR) is 141 cm³/mol. The zero-order valence-electron chi connectivity index (χ0n) is 23.3. The highest BCUT2D eigenvalue weighted by molar-refractivity contribution is 6.73. The minimum atomic E-state index is -2.01. The minimum Gasteiger partial charge on any atom is -0.497 e. The lowest BCUT2D eigenvalue weighted by Crippen LogP contribution is -2.50. The van der Waals surface area contributed by atoms with Crippen LogP contribution in [-0.2, 0) is 39.5 Å². The molecule has 206 valence electrons. The number of benzene rings is 1. The number of carbonyl (C=O) groups is 1. The zero-order valence-corrected chi connectivity index (χ0v) is 24.3. The third-order valence-corrected chi connectivity index (χ3v) is 12.2. The van der Waals surface area contributed by atoms with E-state index >= 15 is 0 Å². The predicted octanol–water partition coefficient (Wildman–Crippen LogP) is 4.95. The Morgan fingerprint density at radius 3 is 2.14 bits per heavy atom. The number of methoxy groups -OCH3 is 3. The van der Waals surface area contributed by atoms with Gasteiger partial charge in [0.05, 0.1) is 31.5 Å². The molecule has 1 saturated carbocycles. The van der Waals surface area contributed by atoms with Crippen molar-refractivity contribution in [2.45, 2.75) is 89.7 Å². The SMILES string of the molecule is CC[Si](CC)(CC)O[C@@H]1C[C@@](C)(OCOC)[C@H](OCOC)[C@@H]1[C@@H](OCc1ccc(OC)cc1)C(C)=O. The van der Waals surface area contributed by atoms with Crippen LogP contribution in [-0.4, -0.2) is 72.9 Å². The van der Waals surface area contributed by atoms with Crippen molar-refractivity contribution in [1.82, 2.24) is 0 Å². The molecular weight excluding hydrogens is 480 g/mol. The van der Waals surface area contributed by atoms with Crippen LogP contribution in [0.5, 0.6) is 5.75 Å². The van der Waals surface area contributed by atoms with Crippen molar-refractivity contribution in [2.24, 2.45) is 5.92 Å². The number of hydrogen-bond acceptors (Lipinski definition) is 8. The highest BCUT2D eigenvalue weighted by atomic mass is 28.4. The van der Waals surface area contributed by atoms with E-state index in [1.807, 2.05) is 31.2 Å². The van der Waals surface area contributed by atoms with Gasteiger partial charge in [-0.2, -0.15) is 0 Å². The molecule has 1 fully saturated rings. The maximum atomic E-state index is 13.1. The topological polar surface area (TPSA) is 81.7 Å². The molecule has 0 spiro atoms. The summed E-state index contributed by atoms with van der Waals surface area (Å²) in [6.07, 6.45) is -0.909. The first kappa shape index (κ1) is 30.9. The summed E-state index contributed by atoms with van der Waals surface area (Å²) in [5, 5.41) is 0. The summed E-state index contributed by atoms with van der Waals surface area (Å²) in [5.41, 5.74) is 0.209. The highest BCUT2D eigenvalue weighted by Gasteiger charge is 2.58. The van der Waals surface area contributed by atoms with Gasteiger partial charge in [-0.1, -0.05) is 32.9 Å². The second kappa shape index (κ2) is 14.6. The Labute approximate surface area is 218 Å². The summed E-state index contributed by atoms with van der Waals surface area (Å²) in [6, 6.07) is 10.6. The van der Waals surface area contributed by atoms with E-state index in [0.717, 1.165) is 29.4 Å². The van der Waals surface area contributed by atoms with Gasteiger partial charge in [0, 0.05) is 26.6 Å². The van der Waals surface area contributed by atoms with Gasteiger partial charge in [-0.3, -0.25) is 4.79 Å². The fourth-order valence-corrected chi connectivity index (χ4v) is 8.10. The maximum absolute atomic E-state index is 13.1. The molecule has 0 saturated heterocycles. The van der Waals surface area contributed by atoms with Crippen LogP contribution in [0.3, 0.4) is 0 Å². The van der Waals surface area contributed by atoms with Crippen molar-refractivity contribution >= 4 is 14.1 Å². The van der Waals surface area contributed by atoms with Crippen molar-refractivity contribution in [3.8, 4) is 5.75 Å². The molecule has 0 aliphatic heterocycles. The van der Waals surface area contributed by atoms with Gasteiger partial charge in [-0.25, -0.2) is 0 Å². The second-order valence-corrected chi connectivity index (χ2v) is 14.5. The Morgan fingerprint density at radius 2 is 1.64 bits per heavy atom. The lowest BCUT2D eigenvalue weighted by atomic mass is 9.90. The second-order valence-electron chi connectivity index (χ2n) is 9.73. The summed E-state index contributed by atoms with van der Waals surface area (Å²) in [7, 11) is 2.79. The van der Waals surface area contributed by atoms with Crippen LogP contribution in [0, 0.1) is 5.92 Å². The van der Waals surface area contributed by atoms with E-state index in [-0.39, 0.29) is 38.0 Å². The number of ether oxygens (including phenoxy) is 6. The van der Waals surface area contributed by atoms with Crippen LogP contribution in [0.4, 0.5) is 0 Å². The molecular formula is C27H46O8Si. The van der Waals surface area contributed by atoms with Gasteiger partial charge in [0.15, 0.2) is 14.1 Å². The van der Waals surface area contributed by atoms with Crippen LogP contribution in [0.15, 0.2) is 24.3 Å². The van der Waals surface area contributed by atoms with E-state index in [2.05, 4.69) is 20.8 Å². The number of Topliss-reactive ketones (excluding diaryl/α,β-unsaturated/α-hetero) is 1. The van der Waals surface area contributed by atoms with E-state index in [9.17, 15) is 4.79 Å². The van der Waals surface area contributed by atoms with Gasteiger partial charge in [-0.15, -0.1) is 0 Å². The third-order valence-electron chi connectivity index (χ3n) is 7.53. The van der Waals surface area contributed by atoms with Crippen LogP contribution in [0.1, 0.15) is 46.6 Å². The van der Waals surface area contributed by atoms with E-state index in [1.54, 1.807) is 28.3 Å². The van der Waals surface area contributed by atoms with Crippen molar-refractivity contribution < 1.29 is 37.6 Å². The van der Waals surface area contributed by atoms with Crippen molar-refractivity contribution in [1.29, 1.82) is 0 Å². The Hall–Kier alpha value is -1.33. The first-order valence-corrected chi connectivity index (χ1v) is 15.4. The zero-order chi connectivity index (χ0) is 26.8. The summed E-state index contributed by atoms with van der Waals surface area (Å²) in [6.45, 7) is 10.6. The van der Waals surface area contributed by atoms with Crippen molar-refractivity contribution in [2.75, 3.05) is 34.9 Å². The Bertz CT molecular complexity index is 776. The van der Waals surface area contributed by atoms with Gasteiger partial charge >= 0.3 is 0 Å². The van der Waals surface area contributed by atoms with Crippen LogP contribution < -0.4 is 4.74 Å². The highest BCUT2D eigenvalue weighted by Crippen LogP contribution is 2.46. The minimum absolute atomic E-state index is 0.0686. The molecule has 8 nitrogen and oxygen atoms in total. The Balaban J connectivity index is 2.44. The van der Waals surface area contributed by atoms with Gasteiger partial charge in [0.2, 0.25) is 0 Å². The first-order chi connectivity index (χ1) is 17.2. The summed E-state index contributed by atoms with van der Waals surface area (Å²) in [4.78, 5) is 13.1. The fourth-order valence-electron chi connectivity index (χ4n) is 5.22. The largest absolute Gasteiger partial charge is 0.497 e. The quantitative estimate of drug-likeness (QED) is 0.208. The smallest absolute Gasteiger partial charge is 0.192 e. The normalized spacial score (nSPS) is 25.2. The maximum Gasteiger partial charge on any atom is 0.192 e. The van der Waals surface area contributed by atoms with Gasteiger partial charge in [0.1, 0.15) is 25.4 Å². The molecule has 0 unspecified atom stereocenters. The summed E-state index contributed by atoms with van der Waals surface area (Å²) in [5.74, 6) is 0.334. The number of hydrogen-bond donors (Lipinski definition) is 0. The first-order valence-electron chi connectivity index (χ1n) is 12.9. The fraction of sp³-hybridized carbons (Fsp3) is 0.741. The third kappa shape index (κ3) is 7.60. The molecule has 5 atom stereocenters. The van der Waals surface area contributed by atoms with Gasteiger partial charge < -0.3 is 32.8 Å². The Kier molecular flexibility index (Phi) is 12.5. The monoisotopic (exact) mass is 526 g/mol. The number of carbonyl (C=O) groups excluding carboxylic acids is 1. The van der Waals surface area contributed by atoms with E-state index in [1.165, 1.54) is 0 Å². The summed E-state index contributed by atoms with van der Waals surface area (Å²) >= 11 is 0. The van der Waals surface area contributed by atoms with Crippen LogP contribution in [0.25, 0.3) is 0 Å². The number of rotatable bonds is 17. The molecule has 0 aromatic heterocycles. The standard InChI is InChI=1S/C27H46O8Si/c1-9-36(10-2,11-3)35-23-16-27(5,34-19-30-7)26(33-18-29-6)24(23)25(20(4)28)32-17-21-12-14-22(31-8)15-13-21/h12-15,23-26H,9-11,16-19H2,1-8H3/t23-,24+,25+,26-,27-/m1/s1. The van der Waals surface area contributed by atoms with Gasteiger partial charge in [-0.05, 0) is 49.7 Å². The molecule has 0 radical (unpaired) electrons. The lowest BCUT2D eigenvalue weighted by molar-refractivity contribution is -0.207. The van der Waals surface area contributed by atoms with Crippen molar-refractivity contribution in [3.63, 3.8) is 0 Å². The number of ketones is 1. The van der Waals surface area contributed by atoms with E-state index in [0.29, 0.717) is 6.42 Å². The molecule has 0 bridgehead atoms. The Morgan fingerprint density at radius 1 is 1.03 bits per heavy atom. The molecule has 0 heterocycles. The van der Waals surface area contributed by atoms with Gasteiger partial charge in [0.25, 0.3) is 0 Å². The molecule has 1 aromatic rings. The summed E-state index contributed by atoms with van der Waals surface area (Å²) < 4.78 is 41.5. The van der Waals surface area contributed by atoms with E-state index < -0.39 is 26.1 Å². The molecule has 1 aliphatic rings. The lowest BCUT2D eigenvalue weighted by Gasteiger charge is -2.38. The average Bonchev–Trinajstić information content (AvgIpc) is 3.15. The molecule has 0 N–H and O–H groups in total. The van der Waals surface area contributed by atoms with E-state index in [4.69, 9.17) is 32.8 Å².